The summed E-state index contributed by atoms with van der Waals surface area (Å²) < 4.78 is 0. The van der Waals surface area contributed by atoms with Crippen LogP contribution in [-0.4, -0.2) is 42.5 Å². The third-order valence-electron chi connectivity index (χ3n) is 2.37. The van der Waals surface area contributed by atoms with Crippen LogP contribution in [0.1, 0.15) is 16.6 Å². The number of hydrogen-bond donors (Lipinski definition) is 2. The van der Waals surface area contributed by atoms with E-state index in [1.807, 2.05) is 18.9 Å². The highest BCUT2D eigenvalue weighted by Gasteiger charge is 2.17. The van der Waals surface area contributed by atoms with Crippen LogP contribution in [0.3, 0.4) is 0 Å². The molecule has 0 atom stereocenters. The summed E-state index contributed by atoms with van der Waals surface area (Å²) in [7, 11) is 1.91. The van der Waals surface area contributed by atoms with Gasteiger partial charge in [0.25, 0.3) is 5.91 Å². The maximum absolute atomic E-state index is 11.9. The molecule has 3 N–H and O–H groups in total. The molecule has 0 unspecified atom stereocenters. The molecule has 0 bridgehead atoms. The lowest BCUT2D eigenvalue weighted by Gasteiger charge is -2.10. The summed E-state index contributed by atoms with van der Waals surface area (Å²) in [6.45, 7) is 3.40. The zero-order chi connectivity index (χ0) is 14.3. The molecule has 0 saturated heterocycles. The number of amides is 1. The van der Waals surface area contributed by atoms with Gasteiger partial charge >= 0.3 is 0 Å². The van der Waals surface area contributed by atoms with E-state index >= 15 is 0 Å². The van der Waals surface area contributed by atoms with E-state index in [0.717, 1.165) is 17.4 Å². The second kappa shape index (κ2) is 7.92. The highest BCUT2D eigenvalue weighted by atomic mass is 32.2. The van der Waals surface area contributed by atoms with Crippen LogP contribution >= 0.6 is 23.1 Å². The summed E-state index contributed by atoms with van der Waals surface area (Å²) in [6.07, 6.45) is 5.14. The minimum absolute atomic E-state index is 0.174. The maximum atomic E-state index is 11.9. The van der Waals surface area contributed by atoms with Crippen LogP contribution in [0.4, 0.5) is 10.9 Å². The lowest BCUT2D eigenvalue weighted by molar-refractivity contribution is 0.0961. The summed E-state index contributed by atoms with van der Waals surface area (Å²) in [4.78, 5) is 18.5. The van der Waals surface area contributed by atoms with Gasteiger partial charge in [0.15, 0.2) is 5.13 Å². The number of anilines is 2. The second-order valence-corrected chi connectivity index (χ2v) is 5.82. The van der Waals surface area contributed by atoms with E-state index in [0.29, 0.717) is 17.2 Å². The molecule has 0 spiro atoms. The van der Waals surface area contributed by atoms with Gasteiger partial charge in [-0.1, -0.05) is 17.3 Å². The molecule has 1 heterocycles. The zero-order valence-electron chi connectivity index (χ0n) is 11.1. The average molecular weight is 298 g/mol. The van der Waals surface area contributed by atoms with Crippen molar-refractivity contribution in [1.29, 1.82) is 0 Å². The SMILES string of the molecule is C#CCSCCNC(=O)c1sc(N(C)CC)nc1N. The van der Waals surface area contributed by atoms with Crippen molar-refractivity contribution in [2.75, 3.05) is 42.3 Å². The van der Waals surface area contributed by atoms with Crippen LogP contribution in [0.25, 0.3) is 0 Å². The van der Waals surface area contributed by atoms with Crippen molar-refractivity contribution in [3.8, 4) is 12.3 Å². The third kappa shape index (κ3) is 4.65. The Balaban J connectivity index is 2.53. The first-order valence-electron chi connectivity index (χ1n) is 5.87. The van der Waals surface area contributed by atoms with E-state index in [2.05, 4.69) is 16.2 Å². The molecule has 7 heteroatoms. The largest absolute Gasteiger partial charge is 0.382 e. The number of thiazole rings is 1. The Labute approximate surface area is 122 Å². The predicted molar refractivity (Wildman–Crippen MR) is 84.0 cm³/mol. The fourth-order valence-corrected chi connectivity index (χ4v) is 2.66. The number of nitrogens with zero attached hydrogens (tertiary/aromatic N) is 2. The summed E-state index contributed by atoms with van der Waals surface area (Å²) in [6, 6.07) is 0. The van der Waals surface area contributed by atoms with Gasteiger partial charge in [-0.15, -0.1) is 18.2 Å². The molecule has 5 nitrogen and oxygen atoms in total. The standard InChI is InChI=1S/C12H18N4OS2/c1-4-7-18-8-6-14-11(17)9-10(13)15-12(19-9)16(3)5-2/h1H,5-8,13H2,2-3H3,(H,14,17). The highest BCUT2D eigenvalue weighted by molar-refractivity contribution is 7.99. The van der Waals surface area contributed by atoms with E-state index in [4.69, 9.17) is 12.2 Å². The van der Waals surface area contributed by atoms with Crippen LogP contribution in [0, 0.1) is 12.3 Å². The van der Waals surface area contributed by atoms with Crippen molar-refractivity contribution in [3.05, 3.63) is 4.88 Å². The van der Waals surface area contributed by atoms with Gasteiger partial charge in [-0.3, -0.25) is 4.79 Å². The maximum Gasteiger partial charge on any atom is 0.265 e. The van der Waals surface area contributed by atoms with E-state index in [1.165, 1.54) is 11.3 Å². The smallest absolute Gasteiger partial charge is 0.265 e. The van der Waals surface area contributed by atoms with Crippen molar-refractivity contribution in [2.45, 2.75) is 6.92 Å². The summed E-state index contributed by atoms with van der Waals surface area (Å²) >= 11 is 2.91. The number of nitrogens with two attached hydrogens (primary N) is 1. The molecule has 0 aliphatic heterocycles. The van der Waals surface area contributed by atoms with Gasteiger partial charge in [0.2, 0.25) is 0 Å². The van der Waals surface area contributed by atoms with Crippen LogP contribution in [0.2, 0.25) is 0 Å². The van der Waals surface area contributed by atoms with E-state index in [1.54, 1.807) is 11.8 Å². The summed E-state index contributed by atoms with van der Waals surface area (Å²) in [5.74, 6) is 4.09. The van der Waals surface area contributed by atoms with Gasteiger partial charge in [-0.05, 0) is 6.92 Å². The number of rotatable bonds is 7. The fourth-order valence-electron chi connectivity index (χ4n) is 1.23. The van der Waals surface area contributed by atoms with E-state index < -0.39 is 0 Å². The van der Waals surface area contributed by atoms with E-state index in [-0.39, 0.29) is 11.7 Å². The molecule has 0 fully saturated rings. The molecule has 19 heavy (non-hydrogen) atoms. The van der Waals surface area contributed by atoms with Crippen molar-refractivity contribution in [1.82, 2.24) is 10.3 Å². The first-order valence-corrected chi connectivity index (χ1v) is 7.84. The van der Waals surface area contributed by atoms with Gasteiger partial charge in [0, 0.05) is 25.9 Å². The van der Waals surface area contributed by atoms with Crippen molar-refractivity contribution >= 4 is 40.0 Å². The first-order chi connectivity index (χ1) is 9.10. The van der Waals surface area contributed by atoms with Crippen LogP contribution in [-0.2, 0) is 0 Å². The van der Waals surface area contributed by atoms with Gasteiger partial charge < -0.3 is 16.0 Å². The highest BCUT2D eigenvalue weighted by Crippen LogP contribution is 2.27. The Morgan fingerprint density at radius 1 is 1.68 bits per heavy atom. The monoisotopic (exact) mass is 298 g/mol. The molecule has 0 saturated carbocycles. The van der Waals surface area contributed by atoms with Crippen molar-refractivity contribution in [2.24, 2.45) is 0 Å². The number of nitrogen functional groups attached to an aromatic ring is 1. The van der Waals surface area contributed by atoms with Crippen LogP contribution in [0.5, 0.6) is 0 Å². The normalized spacial score (nSPS) is 9.95. The molecule has 0 aliphatic carbocycles. The number of nitrogens with one attached hydrogen (secondary N) is 1. The van der Waals surface area contributed by atoms with Crippen molar-refractivity contribution in [3.63, 3.8) is 0 Å². The Hall–Kier alpha value is -1.39. The van der Waals surface area contributed by atoms with Gasteiger partial charge in [-0.2, -0.15) is 0 Å². The fraction of sp³-hybridized carbons (Fsp3) is 0.500. The third-order valence-corrected chi connectivity index (χ3v) is 4.41. The lowest BCUT2D eigenvalue weighted by atomic mass is 10.4. The van der Waals surface area contributed by atoms with Gasteiger partial charge in [-0.25, -0.2) is 4.98 Å². The average Bonchev–Trinajstić information content (AvgIpc) is 2.79. The zero-order valence-corrected chi connectivity index (χ0v) is 12.7. The number of terminal acetylenes is 1. The first kappa shape index (κ1) is 15.7. The molecule has 0 radical (unpaired) electrons. The van der Waals surface area contributed by atoms with Crippen molar-refractivity contribution < 1.29 is 4.79 Å². The van der Waals surface area contributed by atoms with Gasteiger partial charge in [0.05, 0.1) is 5.75 Å². The molecule has 1 aromatic heterocycles. The molecule has 0 aliphatic rings. The molecule has 1 amide bonds. The topological polar surface area (TPSA) is 71.2 Å². The Kier molecular flexibility index (Phi) is 6.53. The molecule has 104 valence electrons. The number of carbonyl (C=O) groups is 1. The van der Waals surface area contributed by atoms with Crippen LogP contribution in [0.15, 0.2) is 0 Å². The molecular weight excluding hydrogens is 280 g/mol. The number of carbonyl (C=O) groups excluding carboxylic acids is 1. The van der Waals surface area contributed by atoms with Crippen LogP contribution < -0.4 is 16.0 Å². The lowest BCUT2D eigenvalue weighted by Crippen LogP contribution is -2.25. The number of hydrogen-bond acceptors (Lipinski definition) is 6. The summed E-state index contributed by atoms with van der Waals surface area (Å²) in [5.41, 5.74) is 5.77. The number of thioether (sulfide) groups is 1. The quantitative estimate of drug-likeness (QED) is 0.586. The molecule has 1 aromatic rings. The Bertz CT molecular complexity index is 467. The molecular formula is C12H18N4OS2. The Morgan fingerprint density at radius 2 is 2.42 bits per heavy atom. The predicted octanol–water partition coefficient (Wildman–Crippen LogP) is 1.28. The molecule has 0 aromatic carbocycles. The summed E-state index contributed by atoms with van der Waals surface area (Å²) in [5, 5.41) is 3.57. The minimum atomic E-state index is -0.174. The van der Waals surface area contributed by atoms with E-state index in [9.17, 15) is 4.79 Å². The second-order valence-electron chi connectivity index (χ2n) is 3.74. The minimum Gasteiger partial charge on any atom is -0.382 e. The van der Waals surface area contributed by atoms with Gasteiger partial charge in [0.1, 0.15) is 10.7 Å². The Morgan fingerprint density at radius 3 is 3.05 bits per heavy atom. The number of aromatic nitrogens is 1. The molecule has 1 rings (SSSR count).